The monoisotopic (exact) mass is 198 g/mol. The van der Waals surface area contributed by atoms with Gasteiger partial charge in [-0.25, -0.2) is 0 Å². The van der Waals surface area contributed by atoms with Gasteiger partial charge in [-0.2, -0.15) is 0 Å². The first kappa shape index (κ1) is 11.5. The van der Waals surface area contributed by atoms with Gasteiger partial charge in [0, 0.05) is 31.6 Å². The molecule has 1 unspecified atom stereocenters. The Bertz CT molecular complexity index is 203. The Morgan fingerprint density at radius 3 is 2.50 bits per heavy atom. The van der Waals surface area contributed by atoms with Gasteiger partial charge in [-0.15, -0.1) is 0 Å². The Kier molecular flexibility index (Phi) is 3.93. The topological polar surface area (TPSA) is 23.6 Å². The molecule has 0 spiro atoms. The molecule has 0 bridgehead atoms. The maximum absolute atomic E-state index is 11.7. The van der Waals surface area contributed by atoms with Crippen LogP contribution in [0.4, 0.5) is 0 Å². The number of nitrogens with zero attached hydrogens (tertiary/aromatic N) is 2. The number of amides is 1. The highest BCUT2D eigenvalue weighted by Crippen LogP contribution is 2.11. The van der Waals surface area contributed by atoms with Crippen molar-refractivity contribution in [3.8, 4) is 0 Å². The van der Waals surface area contributed by atoms with Gasteiger partial charge in [-0.05, 0) is 13.5 Å². The molecule has 0 aromatic heterocycles. The molecule has 0 N–H and O–H groups in total. The molecule has 3 nitrogen and oxygen atoms in total. The van der Waals surface area contributed by atoms with E-state index in [9.17, 15) is 4.79 Å². The molecule has 1 aliphatic heterocycles. The lowest BCUT2D eigenvalue weighted by molar-refractivity contribution is -0.137. The van der Waals surface area contributed by atoms with Crippen molar-refractivity contribution in [2.45, 2.75) is 33.7 Å². The Labute approximate surface area is 87.1 Å². The van der Waals surface area contributed by atoms with Crippen molar-refractivity contribution < 1.29 is 4.79 Å². The first-order chi connectivity index (χ1) is 6.56. The molecule has 1 amide bonds. The summed E-state index contributed by atoms with van der Waals surface area (Å²) in [4.78, 5) is 16.2. The molecule has 0 aromatic rings. The molecule has 1 saturated heterocycles. The highest BCUT2D eigenvalue weighted by Gasteiger charge is 2.26. The van der Waals surface area contributed by atoms with Crippen molar-refractivity contribution in [2.24, 2.45) is 5.92 Å². The van der Waals surface area contributed by atoms with E-state index in [2.05, 4.69) is 18.7 Å². The number of rotatable bonds is 2. The van der Waals surface area contributed by atoms with Crippen LogP contribution in [0.5, 0.6) is 0 Å². The van der Waals surface area contributed by atoms with Crippen LogP contribution in [0.2, 0.25) is 0 Å². The van der Waals surface area contributed by atoms with E-state index >= 15 is 0 Å². The second-order valence-corrected chi connectivity index (χ2v) is 4.42. The van der Waals surface area contributed by atoms with E-state index in [0.29, 0.717) is 11.9 Å². The Morgan fingerprint density at radius 1 is 1.43 bits per heavy atom. The quantitative estimate of drug-likeness (QED) is 0.665. The van der Waals surface area contributed by atoms with Gasteiger partial charge < -0.3 is 4.90 Å². The predicted molar refractivity (Wildman–Crippen MR) is 58.1 cm³/mol. The smallest absolute Gasteiger partial charge is 0.225 e. The standard InChI is InChI=1S/C11H22N2O/c1-5-12-6-7-13(8-10(12)4)11(14)9(2)3/h9-10H,5-8H2,1-4H3. The first-order valence-electron chi connectivity index (χ1n) is 5.59. The van der Waals surface area contributed by atoms with Crippen LogP contribution < -0.4 is 0 Å². The zero-order valence-corrected chi connectivity index (χ0v) is 9.79. The number of carbonyl (C=O) groups excluding carboxylic acids is 1. The molecular weight excluding hydrogens is 176 g/mol. The molecule has 1 atom stereocenters. The van der Waals surface area contributed by atoms with Crippen LogP contribution in [0.3, 0.4) is 0 Å². The van der Waals surface area contributed by atoms with Gasteiger partial charge in [0.1, 0.15) is 0 Å². The fraction of sp³-hybridized carbons (Fsp3) is 0.909. The minimum absolute atomic E-state index is 0.135. The first-order valence-corrected chi connectivity index (χ1v) is 5.59. The maximum atomic E-state index is 11.7. The summed E-state index contributed by atoms with van der Waals surface area (Å²) in [6, 6.07) is 0.511. The molecule has 0 saturated carbocycles. The molecule has 3 heteroatoms. The summed E-state index contributed by atoms with van der Waals surface area (Å²) in [6.45, 7) is 12.2. The minimum Gasteiger partial charge on any atom is -0.340 e. The van der Waals surface area contributed by atoms with Crippen molar-refractivity contribution in [1.29, 1.82) is 0 Å². The van der Waals surface area contributed by atoms with Gasteiger partial charge in [-0.1, -0.05) is 20.8 Å². The number of piperazine rings is 1. The summed E-state index contributed by atoms with van der Waals surface area (Å²) >= 11 is 0. The van der Waals surface area contributed by atoms with Crippen LogP contribution in [0.1, 0.15) is 27.7 Å². The number of likely N-dealkylation sites (N-methyl/N-ethyl adjacent to an activating group) is 1. The van der Waals surface area contributed by atoms with Gasteiger partial charge in [0.2, 0.25) is 5.91 Å². The van der Waals surface area contributed by atoms with Gasteiger partial charge in [0.25, 0.3) is 0 Å². The third-order valence-corrected chi connectivity index (χ3v) is 2.98. The molecule has 1 heterocycles. The van der Waals surface area contributed by atoms with Crippen LogP contribution in [0, 0.1) is 5.92 Å². The number of hydrogen-bond donors (Lipinski definition) is 0. The SMILES string of the molecule is CCN1CCN(C(=O)C(C)C)CC1C. The van der Waals surface area contributed by atoms with E-state index in [4.69, 9.17) is 0 Å². The third-order valence-electron chi connectivity index (χ3n) is 2.98. The lowest BCUT2D eigenvalue weighted by Crippen LogP contribution is -2.54. The van der Waals surface area contributed by atoms with E-state index < -0.39 is 0 Å². The van der Waals surface area contributed by atoms with Crippen LogP contribution >= 0.6 is 0 Å². The highest BCUT2D eigenvalue weighted by molar-refractivity contribution is 5.78. The van der Waals surface area contributed by atoms with Crippen LogP contribution in [-0.2, 0) is 4.79 Å². The summed E-state index contributed by atoms with van der Waals surface area (Å²) < 4.78 is 0. The minimum atomic E-state index is 0.135. The average Bonchev–Trinajstić information content (AvgIpc) is 2.16. The molecule has 0 radical (unpaired) electrons. The molecule has 14 heavy (non-hydrogen) atoms. The van der Waals surface area contributed by atoms with E-state index in [1.165, 1.54) is 0 Å². The van der Waals surface area contributed by atoms with Gasteiger partial charge in [0.05, 0.1) is 0 Å². The third kappa shape index (κ3) is 2.47. The largest absolute Gasteiger partial charge is 0.340 e. The second-order valence-electron chi connectivity index (χ2n) is 4.42. The van der Waals surface area contributed by atoms with Gasteiger partial charge in [0.15, 0.2) is 0 Å². The second kappa shape index (κ2) is 4.78. The van der Waals surface area contributed by atoms with Crippen LogP contribution in [0.15, 0.2) is 0 Å². The average molecular weight is 198 g/mol. The van der Waals surface area contributed by atoms with Crippen molar-refractivity contribution >= 4 is 5.91 Å². The maximum Gasteiger partial charge on any atom is 0.225 e. The molecule has 0 aromatic carbocycles. The van der Waals surface area contributed by atoms with Crippen molar-refractivity contribution in [2.75, 3.05) is 26.2 Å². The van der Waals surface area contributed by atoms with Crippen LogP contribution in [0.25, 0.3) is 0 Å². The lowest BCUT2D eigenvalue weighted by atomic mass is 10.1. The Morgan fingerprint density at radius 2 is 2.07 bits per heavy atom. The fourth-order valence-electron chi connectivity index (χ4n) is 2.03. The van der Waals surface area contributed by atoms with Crippen molar-refractivity contribution in [3.63, 3.8) is 0 Å². The Balaban J connectivity index is 2.50. The Hall–Kier alpha value is -0.570. The summed E-state index contributed by atoms with van der Waals surface area (Å²) in [5, 5.41) is 0. The van der Waals surface area contributed by atoms with E-state index in [1.807, 2.05) is 18.7 Å². The molecule has 82 valence electrons. The van der Waals surface area contributed by atoms with Gasteiger partial charge >= 0.3 is 0 Å². The molecule has 1 fully saturated rings. The normalized spacial score (nSPS) is 24.4. The summed E-state index contributed by atoms with van der Waals surface area (Å²) in [5.41, 5.74) is 0. The van der Waals surface area contributed by atoms with E-state index in [1.54, 1.807) is 0 Å². The number of carbonyl (C=O) groups is 1. The zero-order chi connectivity index (χ0) is 10.7. The molecule has 1 aliphatic rings. The summed E-state index contributed by atoms with van der Waals surface area (Å²) in [5.74, 6) is 0.433. The molecule has 1 rings (SSSR count). The lowest BCUT2D eigenvalue weighted by Gasteiger charge is -2.40. The number of hydrogen-bond acceptors (Lipinski definition) is 2. The zero-order valence-electron chi connectivity index (χ0n) is 9.79. The van der Waals surface area contributed by atoms with Gasteiger partial charge in [-0.3, -0.25) is 9.69 Å². The van der Waals surface area contributed by atoms with Crippen molar-refractivity contribution in [1.82, 2.24) is 9.80 Å². The van der Waals surface area contributed by atoms with Crippen LogP contribution in [-0.4, -0.2) is 47.9 Å². The van der Waals surface area contributed by atoms with E-state index in [-0.39, 0.29) is 5.92 Å². The predicted octanol–water partition coefficient (Wildman–Crippen LogP) is 1.19. The molecule has 0 aliphatic carbocycles. The van der Waals surface area contributed by atoms with E-state index in [0.717, 1.165) is 26.2 Å². The summed E-state index contributed by atoms with van der Waals surface area (Å²) in [7, 11) is 0. The fourth-order valence-corrected chi connectivity index (χ4v) is 2.03. The highest BCUT2D eigenvalue weighted by atomic mass is 16.2. The summed E-state index contributed by atoms with van der Waals surface area (Å²) in [6.07, 6.45) is 0. The molecular formula is C11H22N2O. The van der Waals surface area contributed by atoms with Crippen molar-refractivity contribution in [3.05, 3.63) is 0 Å².